The molecule has 1 aromatic carbocycles. The summed E-state index contributed by atoms with van der Waals surface area (Å²) in [7, 11) is 0. The van der Waals surface area contributed by atoms with Crippen molar-refractivity contribution in [2.45, 2.75) is 27.7 Å². The van der Waals surface area contributed by atoms with Crippen molar-refractivity contribution >= 4 is 12.0 Å². The molecule has 104 valence electrons. The summed E-state index contributed by atoms with van der Waals surface area (Å²) in [6.07, 6.45) is 2.74. The summed E-state index contributed by atoms with van der Waals surface area (Å²) < 4.78 is 1.87. The highest BCUT2D eigenvalue weighted by molar-refractivity contribution is 5.85. The molecule has 0 saturated heterocycles. The molecule has 1 heterocycles. The summed E-state index contributed by atoms with van der Waals surface area (Å²) >= 11 is 0. The van der Waals surface area contributed by atoms with Crippen molar-refractivity contribution in [3.05, 3.63) is 52.4 Å². The van der Waals surface area contributed by atoms with Gasteiger partial charge in [0.2, 0.25) is 0 Å². The van der Waals surface area contributed by atoms with Crippen LogP contribution in [-0.4, -0.2) is 20.9 Å². The molecular weight excluding hydrogens is 252 g/mol. The van der Waals surface area contributed by atoms with Gasteiger partial charge in [0.15, 0.2) is 0 Å². The largest absolute Gasteiger partial charge is 0.478 e. The second kappa shape index (κ2) is 5.33. The number of carboxylic acid groups (broad SMARTS) is 1. The van der Waals surface area contributed by atoms with Crippen LogP contribution >= 0.6 is 0 Å². The van der Waals surface area contributed by atoms with E-state index in [0.29, 0.717) is 0 Å². The van der Waals surface area contributed by atoms with Crippen molar-refractivity contribution < 1.29 is 9.90 Å². The summed E-state index contributed by atoms with van der Waals surface area (Å²) in [5.74, 6) is -0.955. The molecule has 2 aromatic rings. The van der Waals surface area contributed by atoms with Gasteiger partial charge in [-0.1, -0.05) is 17.7 Å². The summed E-state index contributed by atoms with van der Waals surface area (Å²) in [5, 5.41) is 13.3. The van der Waals surface area contributed by atoms with Gasteiger partial charge < -0.3 is 5.11 Å². The van der Waals surface area contributed by atoms with E-state index in [1.165, 1.54) is 5.56 Å². The summed E-state index contributed by atoms with van der Waals surface area (Å²) in [4.78, 5) is 10.6. The molecular formula is C16H18N2O2. The lowest BCUT2D eigenvalue weighted by Crippen LogP contribution is -2.01. The van der Waals surface area contributed by atoms with E-state index in [4.69, 9.17) is 5.11 Å². The molecule has 0 spiro atoms. The average molecular weight is 270 g/mol. The third-order valence-corrected chi connectivity index (χ3v) is 3.32. The Labute approximate surface area is 118 Å². The lowest BCUT2D eigenvalue weighted by molar-refractivity contribution is -0.131. The Hall–Kier alpha value is -2.36. The molecule has 4 heteroatoms. The molecule has 0 unspecified atom stereocenters. The first-order valence-electron chi connectivity index (χ1n) is 6.45. The SMILES string of the molecule is Cc1ccc(-n2nc(C)c(/C=C/C(=O)O)c2C)c(C)c1. The highest BCUT2D eigenvalue weighted by Crippen LogP contribution is 2.22. The van der Waals surface area contributed by atoms with Gasteiger partial charge in [0.1, 0.15) is 0 Å². The molecule has 20 heavy (non-hydrogen) atoms. The number of aryl methyl sites for hydroxylation is 3. The fourth-order valence-corrected chi connectivity index (χ4v) is 2.33. The van der Waals surface area contributed by atoms with Crippen molar-refractivity contribution in [3.8, 4) is 5.69 Å². The molecule has 0 fully saturated rings. The Morgan fingerprint density at radius 2 is 1.95 bits per heavy atom. The summed E-state index contributed by atoms with van der Waals surface area (Å²) in [6.45, 7) is 7.93. The van der Waals surface area contributed by atoms with E-state index < -0.39 is 5.97 Å². The van der Waals surface area contributed by atoms with Crippen LogP contribution in [0.2, 0.25) is 0 Å². The lowest BCUT2D eigenvalue weighted by atomic mass is 10.1. The van der Waals surface area contributed by atoms with Crippen LogP contribution in [0.1, 0.15) is 28.1 Å². The normalized spacial score (nSPS) is 11.2. The van der Waals surface area contributed by atoms with E-state index in [0.717, 1.165) is 34.3 Å². The first-order chi connectivity index (χ1) is 9.40. The maximum absolute atomic E-state index is 10.6. The highest BCUT2D eigenvalue weighted by atomic mass is 16.4. The predicted octanol–water partition coefficient (Wildman–Crippen LogP) is 3.20. The Kier molecular flexibility index (Phi) is 3.74. The quantitative estimate of drug-likeness (QED) is 0.871. The average Bonchev–Trinajstić information content (AvgIpc) is 2.62. The van der Waals surface area contributed by atoms with Crippen molar-refractivity contribution in [3.63, 3.8) is 0 Å². The minimum atomic E-state index is -0.955. The van der Waals surface area contributed by atoms with Gasteiger partial charge in [-0.05, 0) is 45.4 Å². The monoisotopic (exact) mass is 270 g/mol. The molecule has 0 aliphatic carbocycles. The number of hydrogen-bond donors (Lipinski definition) is 1. The van der Waals surface area contributed by atoms with Gasteiger partial charge in [-0.15, -0.1) is 0 Å². The van der Waals surface area contributed by atoms with Crippen LogP contribution < -0.4 is 0 Å². The lowest BCUT2D eigenvalue weighted by Gasteiger charge is -2.09. The molecule has 0 aliphatic rings. The zero-order valence-electron chi connectivity index (χ0n) is 12.1. The fourth-order valence-electron chi connectivity index (χ4n) is 2.33. The Morgan fingerprint density at radius 1 is 1.25 bits per heavy atom. The topological polar surface area (TPSA) is 55.1 Å². The van der Waals surface area contributed by atoms with Crippen LogP contribution in [0.3, 0.4) is 0 Å². The Bertz CT molecular complexity index is 697. The molecule has 1 aromatic heterocycles. The van der Waals surface area contributed by atoms with Gasteiger partial charge >= 0.3 is 5.97 Å². The zero-order chi connectivity index (χ0) is 14.9. The minimum Gasteiger partial charge on any atom is -0.478 e. The number of carbonyl (C=O) groups is 1. The van der Waals surface area contributed by atoms with Crippen LogP contribution in [0.25, 0.3) is 11.8 Å². The van der Waals surface area contributed by atoms with Gasteiger partial charge in [-0.2, -0.15) is 5.10 Å². The number of benzene rings is 1. The Balaban J connectivity index is 2.54. The van der Waals surface area contributed by atoms with E-state index in [1.807, 2.05) is 37.6 Å². The van der Waals surface area contributed by atoms with Gasteiger partial charge in [-0.25, -0.2) is 9.48 Å². The second-order valence-electron chi connectivity index (χ2n) is 4.96. The minimum absolute atomic E-state index is 0.819. The number of aromatic nitrogens is 2. The number of aliphatic carboxylic acids is 1. The molecule has 4 nitrogen and oxygen atoms in total. The number of hydrogen-bond acceptors (Lipinski definition) is 2. The van der Waals surface area contributed by atoms with Crippen LogP contribution in [0.15, 0.2) is 24.3 Å². The van der Waals surface area contributed by atoms with Crippen LogP contribution in [0, 0.1) is 27.7 Å². The fraction of sp³-hybridized carbons (Fsp3) is 0.250. The van der Waals surface area contributed by atoms with E-state index >= 15 is 0 Å². The predicted molar refractivity (Wildman–Crippen MR) is 79.2 cm³/mol. The molecule has 0 bridgehead atoms. The highest BCUT2D eigenvalue weighted by Gasteiger charge is 2.12. The zero-order valence-corrected chi connectivity index (χ0v) is 12.1. The van der Waals surface area contributed by atoms with Gasteiger partial charge in [-0.3, -0.25) is 0 Å². The van der Waals surface area contributed by atoms with Crippen molar-refractivity contribution in [2.24, 2.45) is 0 Å². The van der Waals surface area contributed by atoms with Crippen molar-refractivity contribution in [1.29, 1.82) is 0 Å². The second-order valence-corrected chi connectivity index (χ2v) is 4.96. The van der Waals surface area contributed by atoms with Crippen molar-refractivity contribution in [1.82, 2.24) is 9.78 Å². The molecule has 1 N–H and O–H groups in total. The first-order valence-corrected chi connectivity index (χ1v) is 6.45. The van der Waals surface area contributed by atoms with E-state index in [-0.39, 0.29) is 0 Å². The molecule has 0 amide bonds. The summed E-state index contributed by atoms with van der Waals surface area (Å²) in [6, 6.07) is 6.19. The van der Waals surface area contributed by atoms with Crippen LogP contribution in [-0.2, 0) is 4.79 Å². The van der Waals surface area contributed by atoms with E-state index in [1.54, 1.807) is 6.08 Å². The maximum atomic E-state index is 10.6. The van der Waals surface area contributed by atoms with Gasteiger partial charge in [0, 0.05) is 17.3 Å². The van der Waals surface area contributed by atoms with E-state index in [9.17, 15) is 4.79 Å². The molecule has 0 aliphatic heterocycles. The van der Waals surface area contributed by atoms with Crippen molar-refractivity contribution in [2.75, 3.05) is 0 Å². The third-order valence-electron chi connectivity index (χ3n) is 3.32. The van der Waals surface area contributed by atoms with Crippen LogP contribution in [0.4, 0.5) is 0 Å². The van der Waals surface area contributed by atoms with Gasteiger partial charge in [0.05, 0.1) is 11.4 Å². The smallest absolute Gasteiger partial charge is 0.328 e. The molecule has 0 saturated carbocycles. The first kappa shape index (κ1) is 14.1. The van der Waals surface area contributed by atoms with E-state index in [2.05, 4.69) is 18.1 Å². The molecule has 0 atom stereocenters. The molecule has 0 radical (unpaired) electrons. The number of rotatable bonds is 3. The molecule has 2 rings (SSSR count). The maximum Gasteiger partial charge on any atom is 0.328 e. The third kappa shape index (κ3) is 2.64. The number of carboxylic acids is 1. The number of nitrogens with zero attached hydrogens (tertiary/aromatic N) is 2. The van der Waals surface area contributed by atoms with Crippen LogP contribution in [0.5, 0.6) is 0 Å². The summed E-state index contributed by atoms with van der Waals surface area (Å²) in [5.41, 5.74) is 5.98. The Morgan fingerprint density at radius 3 is 2.55 bits per heavy atom. The standard InChI is InChI=1S/C16H18N2O2/c1-10-5-7-15(11(2)9-10)18-13(4)14(12(3)17-18)6-8-16(19)20/h5-9H,1-4H3,(H,19,20)/b8-6+. The van der Waals surface area contributed by atoms with Gasteiger partial charge in [0.25, 0.3) is 0 Å².